The molecule has 0 bridgehead atoms. The van der Waals surface area contributed by atoms with Crippen molar-refractivity contribution in [3.05, 3.63) is 29.8 Å². The van der Waals surface area contributed by atoms with Crippen LogP contribution in [0.15, 0.2) is 24.3 Å². The Hall–Kier alpha value is -1.79. The largest absolute Gasteiger partial charge is 0.491 e. The Morgan fingerprint density at radius 1 is 1.27 bits per heavy atom. The van der Waals surface area contributed by atoms with Gasteiger partial charge in [0.1, 0.15) is 18.5 Å². The van der Waals surface area contributed by atoms with E-state index in [0.29, 0.717) is 31.4 Å². The average Bonchev–Trinajstić information content (AvgIpc) is 2.51. The SMILES string of the molecule is CNC(=O)OCCc1ccc(OCC(O)CNC(C)C)cc1. The molecular weight excluding hydrogens is 284 g/mol. The van der Waals surface area contributed by atoms with E-state index in [4.69, 9.17) is 9.47 Å². The van der Waals surface area contributed by atoms with Gasteiger partial charge in [-0.2, -0.15) is 0 Å². The Morgan fingerprint density at radius 2 is 1.95 bits per heavy atom. The molecule has 22 heavy (non-hydrogen) atoms. The smallest absolute Gasteiger partial charge is 0.406 e. The molecule has 1 atom stereocenters. The van der Waals surface area contributed by atoms with E-state index >= 15 is 0 Å². The maximum Gasteiger partial charge on any atom is 0.406 e. The number of rotatable bonds is 9. The van der Waals surface area contributed by atoms with Gasteiger partial charge in [-0.15, -0.1) is 0 Å². The summed E-state index contributed by atoms with van der Waals surface area (Å²) in [6, 6.07) is 7.86. The van der Waals surface area contributed by atoms with Crippen LogP contribution >= 0.6 is 0 Å². The van der Waals surface area contributed by atoms with Crippen molar-refractivity contribution in [3.63, 3.8) is 0 Å². The molecule has 0 saturated carbocycles. The minimum absolute atomic E-state index is 0.249. The first-order valence-corrected chi connectivity index (χ1v) is 7.49. The summed E-state index contributed by atoms with van der Waals surface area (Å²) in [4.78, 5) is 10.9. The number of nitrogens with one attached hydrogen (secondary N) is 2. The second kappa shape index (κ2) is 10.0. The van der Waals surface area contributed by atoms with Crippen LogP contribution in [0.5, 0.6) is 5.75 Å². The topological polar surface area (TPSA) is 79.8 Å². The van der Waals surface area contributed by atoms with Gasteiger partial charge in [0, 0.05) is 26.1 Å². The second-order valence-corrected chi connectivity index (χ2v) is 5.31. The van der Waals surface area contributed by atoms with Crippen molar-refractivity contribution in [2.75, 3.05) is 26.8 Å². The number of aliphatic hydroxyl groups is 1. The van der Waals surface area contributed by atoms with E-state index in [-0.39, 0.29) is 6.61 Å². The van der Waals surface area contributed by atoms with Gasteiger partial charge in [-0.3, -0.25) is 0 Å². The van der Waals surface area contributed by atoms with E-state index in [1.807, 2.05) is 38.1 Å². The van der Waals surface area contributed by atoms with Crippen LogP contribution in [0.25, 0.3) is 0 Å². The first kappa shape index (κ1) is 18.3. The Labute approximate surface area is 131 Å². The maximum atomic E-state index is 10.9. The summed E-state index contributed by atoms with van der Waals surface area (Å²) >= 11 is 0. The maximum absolute atomic E-state index is 10.9. The van der Waals surface area contributed by atoms with Crippen molar-refractivity contribution in [2.45, 2.75) is 32.4 Å². The predicted molar refractivity (Wildman–Crippen MR) is 85.2 cm³/mol. The Balaban J connectivity index is 2.28. The Morgan fingerprint density at radius 3 is 2.55 bits per heavy atom. The van der Waals surface area contributed by atoms with E-state index in [1.165, 1.54) is 7.05 Å². The molecule has 6 heteroatoms. The molecular formula is C16H26N2O4. The third-order valence-electron chi connectivity index (χ3n) is 2.96. The highest BCUT2D eigenvalue weighted by molar-refractivity contribution is 5.66. The van der Waals surface area contributed by atoms with Crippen LogP contribution in [0.4, 0.5) is 4.79 Å². The fraction of sp³-hybridized carbons (Fsp3) is 0.562. The average molecular weight is 310 g/mol. The zero-order chi connectivity index (χ0) is 16.4. The number of hydrogen-bond acceptors (Lipinski definition) is 5. The van der Waals surface area contributed by atoms with Crippen LogP contribution in [0.3, 0.4) is 0 Å². The molecule has 3 N–H and O–H groups in total. The van der Waals surface area contributed by atoms with Crippen molar-refractivity contribution in [1.82, 2.24) is 10.6 Å². The van der Waals surface area contributed by atoms with Gasteiger partial charge in [0.15, 0.2) is 0 Å². The molecule has 1 amide bonds. The number of benzene rings is 1. The lowest BCUT2D eigenvalue weighted by molar-refractivity contribution is 0.104. The third-order valence-corrected chi connectivity index (χ3v) is 2.96. The lowest BCUT2D eigenvalue weighted by Crippen LogP contribution is -2.35. The Bertz CT molecular complexity index is 434. The minimum Gasteiger partial charge on any atom is -0.491 e. The number of amides is 1. The third kappa shape index (κ3) is 7.85. The molecule has 0 aliphatic heterocycles. The van der Waals surface area contributed by atoms with Gasteiger partial charge in [-0.1, -0.05) is 26.0 Å². The second-order valence-electron chi connectivity index (χ2n) is 5.31. The summed E-state index contributed by atoms with van der Waals surface area (Å²) < 4.78 is 10.5. The summed E-state index contributed by atoms with van der Waals surface area (Å²) in [6.07, 6.45) is -0.318. The summed E-state index contributed by atoms with van der Waals surface area (Å²) in [7, 11) is 1.53. The zero-order valence-electron chi connectivity index (χ0n) is 13.5. The molecule has 0 fully saturated rings. The fourth-order valence-electron chi connectivity index (χ4n) is 1.71. The number of aliphatic hydroxyl groups excluding tert-OH is 1. The van der Waals surface area contributed by atoms with Gasteiger partial charge in [-0.05, 0) is 17.7 Å². The fourth-order valence-corrected chi connectivity index (χ4v) is 1.71. The van der Waals surface area contributed by atoms with Crippen LogP contribution in [-0.2, 0) is 11.2 Å². The molecule has 124 valence electrons. The van der Waals surface area contributed by atoms with Gasteiger partial charge in [0.25, 0.3) is 0 Å². The van der Waals surface area contributed by atoms with Crippen LogP contribution in [0.1, 0.15) is 19.4 Å². The molecule has 0 heterocycles. The first-order chi connectivity index (χ1) is 10.5. The molecule has 0 saturated heterocycles. The van der Waals surface area contributed by atoms with Gasteiger partial charge in [0.05, 0.1) is 6.61 Å². The number of alkyl carbamates (subject to hydrolysis) is 1. The molecule has 1 aromatic carbocycles. The molecule has 0 aliphatic carbocycles. The first-order valence-electron chi connectivity index (χ1n) is 7.49. The van der Waals surface area contributed by atoms with Crippen LogP contribution in [0.2, 0.25) is 0 Å². The van der Waals surface area contributed by atoms with Crippen molar-refractivity contribution in [3.8, 4) is 5.75 Å². The molecule has 0 radical (unpaired) electrons. The van der Waals surface area contributed by atoms with Crippen LogP contribution in [-0.4, -0.2) is 50.2 Å². The quantitative estimate of drug-likeness (QED) is 0.641. The van der Waals surface area contributed by atoms with Crippen LogP contribution < -0.4 is 15.4 Å². The molecule has 0 aromatic heterocycles. The molecule has 0 spiro atoms. The number of hydrogen-bond donors (Lipinski definition) is 3. The normalized spacial score (nSPS) is 12.0. The van der Waals surface area contributed by atoms with Gasteiger partial charge < -0.3 is 25.2 Å². The zero-order valence-corrected chi connectivity index (χ0v) is 13.5. The molecule has 1 unspecified atom stereocenters. The lowest BCUT2D eigenvalue weighted by atomic mass is 10.1. The van der Waals surface area contributed by atoms with E-state index in [0.717, 1.165) is 5.56 Å². The van der Waals surface area contributed by atoms with Crippen molar-refractivity contribution < 1.29 is 19.4 Å². The van der Waals surface area contributed by atoms with E-state index in [1.54, 1.807) is 0 Å². The standard InChI is InChI=1S/C16H26N2O4/c1-12(2)18-10-14(19)11-22-15-6-4-13(5-7-15)8-9-21-16(20)17-3/h4-7,12,14,18-19H,8-11H2,1-3H3,(H,17,20). The van der Waals surface area contributed by atoms with Crippen molar-refractivity contribution >= 4 is 6.09 Å². The molecule has 1 aromatic rings. The van der Waals surface area contributed by atoms with Gasteiger partial charge >= 0.3 is 6.09 Å². The monoisotopic (exact) mass is 310 g/mol. The van der Waals surface area contributed by atoms with Crippen molar-refractivity contribution in [2.24, 2.45) is 0 Å². The summed E-state index contributed by atoms with van der Waals surface area (Å²) in [5, 5.41) is 15.3. The van der Waals surface area contributed by atoms with Crippen molar-refractivity contribution in [1.29, 1.82) is 0 Å². The summed E-state index contributed by atoms with van der Waals surface area (Å²) in [5.74, 6) is 0.708. The van der Waals surface area contributed by atoms with E-state index in [9.17, 15) is 9.90 Å². The summed E-state index contributed by atoms with van der Waals surface area (Å²) in [6.45, 7) is 5.14. The minimum atomic E-state index is -0.539. The van der Waals surface area contributed by atoms with E-state index < -0.39 is 12.2 Å². The van der Waals surface area contributed by atoms with E-state index in [2.05, 4.69) is 10.6 Å². The highest BCUT2D eigenvalue weighted by Gasteiger charge is 2.06. The molecule has 6 nitrogen and oxygen atoms in total. The van der Waals surface area contributed by atoms with Gasteiger partial charge in [0.2, 0.25) is 0 Å². The molecule has 1 rings (SSSR count). The number of carbonyl (C=O) groups is 1. The summed E-state index contributed by atoms with van der Waals surface area (Å²) in [5.41, 5.74) is 1.05. The lowest BCUT2D eigenvalue weighted by Gasteiger charge is -2.15. The highest BCUT2D eigenvalue weighted by atomic mass is 16.5. The van der Waals surface area contributed by atoms with Gasteiger partial charge in [-0.25, -0.2) is 4.79 Å². The number of carbonyl (C=O) groups excluding carboxylic acids is 1. The number of ether oxygens (including phenoxy) is 2. The Kier molecular flexibility index (Phi) is 8.32. The highest BCUT2D eigenvalue weighted by Crippen LogP contribution is 2.13. The predicted octanol–water partition coefficient (Wildman–Crippen LogP) is 1.32. The molecule has 0 aliphatic rings. The van der Waals surface area contributed by atoms with Crippen LogP contribution in [0, 0.1) is 0 Å².